The Bertz CT molecular complexity index is 291. The Morgan fingerprint density at radius 2 is 2.31 bits per heavy atom. The van der Waals surface area contributed by atoms with Crippen LogP contribution < -0.4 is 4.74 Å². The van der Waals surface area contributed by atoms with Crippen LogP contribution in [0.2, 0.25) is 0 Å². The number of halogens is 2. The molecule has 2 nitrogen and oxygen atoms in total. The van der Waals surface area contributed by atoms with Crippen LogP contribution >= 0.6 is 15.9 Å². The van der Waals surface area contributed by atoms with Crippen LogP contribution in [0.4, 0.5) is 4.39 Å². The molecule has 0 amide bonds. The number of benzene rings is 1. The highest BCUT2D eigenvalue weighted by Gasteiger charge is 2.12. The molecule has 0 bridgehead atoms. The zero-order valence-corrected chi connectivity index (χ0v) is 8.71. The van der Waals surface area contributed by atoms with E-state index in [1.165, 1.54) is 7.11 Å². The Kier molecular flexibility index (Phi) is 3.69. The van der Waals surface area contributed by atoms with Gasteiger partial charge in [0.2, 0.25) is 0 Å². The predicted molar refractivity (Wildman–Crippen MR) is 51.6 cm³/mol. The fraction of sp³-hybridized carbons (Fsp3) is 0.333. The van der Waals surface area contributed by atoms with Gasteiger partial charge in [0.25, 0.3) is 0 Å². The Balaban J connectivity index is 3.05. The normalized spacial score (nSPS) is 12.6. The van der Waals surface area contributed by atoms with Crippen molar-refractivity contribution in [2.24, 2.45) is 0 Å². The Morgan fingerprint density at radius 3 is 2.85 bits per heavy atom. The number of hydrogen-bond donors (Lipinski definition) is 1. The van der Waals surface area contributed by atoms with E-state index in [0.29, 0.717) is 11.3 Å². The molecule has 0 saturated carbocycles. The van der Waals surface area contributed by atoms with Crippen molar-refractivity contribution in [2.45, 2.75) is 6.10 Å². The third-order valence-electron chi connectivity index (χ3n) is 1.70. The molecule has 1 aromatic rings. The van der Waals surface area contributed by atoms with Gasteiger partial charge in [0, 0.05) is 10.0 Å². The van der Waals surface area contributed by atoms with Crippen molar-refractivity contribution in [2.75, 3.05) is 13.8 Å². The van der Waals surface area contributed by atoms with Crippen LogP contribution in [0.15, 0.2) is 22.7 Å². The van der Waals surface area contributed by atoms with Gasteiger partial charge < -0.3 is 9.84 Å². The third kappa shape index (κ3) is 2.42. The van der Waals surface area contributed by atoms with Crippen molar-refractivity contribution < 1.29 is 14.2 Å². The number of aliphatic hydroxyl groups excluding tert-OH is 1. The maximum absolute atomic E-state index is 12.2. The Morgan fingerprint density at radius 1 is 1.62 bits per heavy atom. The summed E-state index contributed by atoms with van der Waals surface area (Å²) in [7, 11) is 1.48. The molecule has 0 spiro atoms. The number of methoxy groups -OCH3 is 1. The predicted octanol–water partition coefficient (Wildman–Crippen LogP) is 2.46. The second-order valence-electron chi connectivity index (χ2n) is 2.56. The minimum Gasteiger partial charge on any atom is -0.496 e. The van der Waals surface area contributed by atoms with Gasteiger partial charge in [0.1, 0.15) is 18.5 Å². The van der Waals surface area contributed by atoms with Crippen LogP contribution in [0.3, 0.4) is 0 Å². The summed E-state index contributed by atoms with van der Waals surface area (Å²) in [4.78, 5) is 0. The highest BCUT2D eigenvalue weighted by atomic mass is 79.9. The zero-order valence-electron chi connectivity index (χ0n) is 7.13. The minimum atomic E-state index is -1.11. The number of aliphatic hydroxyl groups is 1. The minimum absolute atomic E-state index is 0.466. The van der Waals surface area contributed by atoms with E-state index in [4.69, 9.17) is 4.74 Å². The second kappa shape index (κ2) is 4.58. The number of hydrogen-bond acceptors (Lipinski definition) is 2. The molecule has 0 saturated heterocycles. The number of rotatable bonds is 3. The quantitative estimate of drug-likeness (QED) is 0.891. The lowest BCUT2D eigenvalue weighted by Crippen LogP contribution is -2.01. The molecule has 72 valence electrons. The number of alkyl halides is 1. The van der Waals surface area contributed by atoms with Crippen LogP contribution in [-0.4, -0.2) is 18.9 Å². The average molecular weight is 249 g/mol. The van der Waals surface area contributed by atoms with E-state index < -0.39 is 12.8 Å². The summed E-state index contributed by atoms with van der Waals surface area (Å²) in [6.45, 7) is -0.808. The van der Waals surface area contributed by atoms with Gasteiger partial charge in [0.15, 0.2) is 0 Å². The van der Waals surface area contributed by atoms with Crippen LogP contribution in [0.25, 0.3) is 0 Å². The summed E-state index contributed by atoms with van der Waals surface area (Å²) < 4.78 is 18.0. The summed E-state index contributed by atoms with van der Waals surface area (Å²) in [5.74, 6) is 0.486. The summed E-state index contributed by atoms with van der Waals surface area (Å²) in [6.07, 6.45) is -1.11. The molecule has 0 aromatic heterocycles. The first-order valence-electron chi connectivity index (χ1n) is 3.76. The van der Waals surface area contributed by atoms with Crippen molar-refractivity contribution in [3.8, 4) is 5.75 Å². The van der Waals surface area contributed by atoms with E-state index in [1.807, 2.05) is 0 Å². The first kappa shape index (κ1) is 10.5. The summed E-state index contributed by atoms with van der Waals surface area (Å²) in [5.41, 5.74) is 0.466. The Hall–Kier alpha value is -0.610. The molecule has 1 N–H and O–H groups in total. The lowest BCUT2D eigenvalue weighted by atomic mass is 10.1. The van der Waals surface area contributed by atoms with Crippen LogP contribution in [0.1, 0.15) is 11.7 Å². The summed E-state index contributed by atoms with van der Waals surface area (Å²) >= 11 is 3.25. The molecule has 1 rings (SSSR count). The fourth-order valence-electron chi connectivity index (χ4n) is 1.04. The van der Waals surface area contributed by atoms with E-state index >= 15 is 0 Å². The molecule has 0 aliphatic carbocycles. The maximum atomic E-state index is 12.2. The van der Waals surface area contributed by atoms with Gasteiger partial charge in [-0.05, 0) is 12.1 Å². The first-order valence-corrected chi connectivity index (χ1v) is 4.55. The van der Waals surface area contributed by atoms with Crippen molar-refractivity contribution in [1.29, 1.82) is 0 Å². The molecule has 1 unspecified atom stereocenters. The lowest BCUT2D eigenvalue weighted by molar-refractivity contribution is 0.138. The van der Waals surface area contributed by atoms with Crippen LogP contribution in [0.5, 0.6) is 5.75 Å². The molecule has 0 radical (unpaired) electrons. The first-order chi connectivity index (χ1) is 6.19. The topological polar surface area (TPSA) is 29.5 Å². The summed E-state index contributed by atoms with van der Waals surface area (Å²) in [6, 6.07) is 5.05. The van der Waals surface area contributed by atoms with Gasteiger partial charge in [-0.3, -0.25) is 0 Å². The van der Waals surface area contributed by atoms with E-state index in [9.17, 15) is 9.50 Å². The largest absolute Gasteiger partial charge is 0.496 e. The van der Waals surface area contributed by atoms with Crippen molar-refractivity contribution in [3.63, 3.8) is 0 Å². The van der Waals surface area contributed by atoms with Crippen molar-refractivity contribution in [1.82, 2.24) is 0 Å². The number of ether oxygens (including phenoxy) is 1. The maximum Gasteiger partial charge on any atom is 0.125 e. The zero-order chi connectivity index (χ0) is 9.84. The molecule has 1 aromatic carbocycles. The van der Waals surface area contributed by atoms with Gasteiger partial charge in [-0.15, -0.1) is 0 Å². The molecule has 0 fully saturated rings. The standard InChI is InChI=1S/C9H10BrFO2/c1-13-9-4-6(10)2-3-7(9)8(12)5-11/h2-4,8,12H,5H2,1H3. The highest BCUT2D eigenvalue weighted by molar-refractivity contribution is 9.10. The monoisotopic (exact) mass is 248 g/mol. The summed E-state index contributed by atoms with van der Waals surface area (Å²) in [5, 5.41) is 9.26. The van der Waals surface area contributed by atoms with E-state index in [0.717, 1.165) is 4.47 Å². The fourth-order valence-corrected chi connectivity index (χ4v) is 1.38. The van der Waals surface area contributed by atoms with E-state index in [1.54, 1.807) is 18.2 Å². The second-order valence-corrected chi connectivity index (χ2v) is 3.47. The third-order valence-corrected chi connectivity index (χ3v) is 2.19. The molecule has 1 atom stereocenters. The van der Waals surface area contributed by atoms with Crippen LogP contribution in [0, 0.1) is 0 Å². The van der Waals surface area contributed by atoms with Gasteiger partial charge >= 0.3 is 0 Å². The molecule has 0 aliphatic rings. The molecule has 13 heavy (non-hydrogen) atoms. The molecular formula is C9H10BrFO2. The van der Waals surface area contributed by atoms with E-state index in [-0.39, 0.29) is 0 Å². The van der Waals surface area contributed by atoms with Gasteiger partial charge in [-0.1, -0.05) is 22.0 Å². The average Bonchev–Trinajstić information content (AvgIpc) is 2.16. The van der Waals surface area contributed by atoms with E-state index in [2.05, 4.69) is 15.9 Å². The molecule has 0 heterocycles. The molecule has 4 heteroatoms. The lowest BCUT2D eigenvalue weighted by Gasteiger charge is -2.11. The smallest absolute Gasteiger partial charge is 0.125 e. The van der Waals surface area contributed by atoms with Gasteiger partial charge in [-0.2, -0.15) is 0 Å². The van der Waals surface area contributed by atoms with Crippen molar-refractivity contribution in [3.05, 3.63) is 28.2 Å². The van der Waals surface area contributed by atoms with Gasteiger partial charge in [0.05, 0.1) is 7.11 Å². The van der Waals surface area contributed by atoms with Crippen LogP contribution in [-0.2, 0) is 0 Å². The molecular weight excluding hydrogens is 239 g/mol. The Labute approximate surface area is 84.5 Å². The SMILES string of the molecule is COc1cc(Br)ccc1C(O)CF. The molecule has 0 aliphatic heterocycles. The highest BCUT2D eigenvalue weighted by Crippen LogP contribution is 2.28. The van der Waals surface area contributed by atoms with Gasteiger partial charge in [-0.25, -0.2) is 4.39 Å². The van der Waals surface area contributed by atoms with Crippen molar-refractivity contribution >= 4 is 15.9 Å².